The van der Waals surface area contributed by atoms with Gasteiger partial charge in [-0.25, -0.2) is 0 Å². The Morgan fingerprint density at radius 1 is 0.920 bits per heavy atom. The first-order valence-corrected chi connectivity index (χ1v) is 10.7. The van der Waals surface area contributed by atoms with Gasteiger partial charge in [0.15, 0.2) is 0 Å². The van der Waals surface area contributed by atoms with Crippen molar-refractivity contribution < 1.29 is 4.79 Å². The Morgan fingerprint density at radius 2 is 1.44 bits per heavy atom. The van der Waals surface area contributed by atoms with Crippen LogP contribution in [0.2, 0.25) is 0 Å². The van der Waals surface area contributed by atoms with Crippen LogP contribution < -0.4 is 0 Å². The molecule has 2 fully saturated rings. The molecule has 146 valence electrons. The second kappa shape index (κ2) is 10.5. The maximum absolute atomic E-state index is 12.8. The number of nitrogens with zero attached hydrogens (tertiary/aromatic N) is 3. The summed E-state index contributed by atoms with van der Waals surface area (Å²) in [6.45, 7) is 15.9. The highest BCUT2D eigenvalue weighted by Gasteiger charge is 2.27. The van der Waals surface area contributed by atoms with Crippen molar-refractivity contribution in [2.75, 3.05) is 45.8 Å². The lowest BCUT2D eigenvalue weighted by Crippen LogP contribution is -2.52. The van der Waals surface area contributed by atoms with Crippen molar-refractivity contribution in [1.82, 2.24) is 14.7 Å². The van der Waals surface area contributed by atoms with Gasteiger partial charge in [-0.3, -0.25) is 14.6 Å². The van der Waals surface area contributed by atoms with Crippen molar-refractivity contribution in [3.63, 3.8) is 0 Å². The van der Waals surface area contributed by atoms with Gasteiger partial charge in [-0.15, -0.1) is 0 Å². The summed E-state index contributed by atoms with van der Waals surface area (Å²) in [7, 11) is 0. The molecule has 1 amide bonds. The molecule has 0 spiro atoms. The molecular weight excluding hydrogens is 310 g/mol. The van der Waals surface area contributed by atoms with Crippen molar-refractivity contribution >= 4 is 5.91 Å². The van der Waals surface area contributed by atoms with Gasteiger partial charge in [0.05, 0.1) is 6.54 Å². The Bertz CT molecular complexity index is 371. The highest BCUT2D eigenvalue weighted by atomic mass is 16.2. The lowest BCUT2D eigenvalue weighted by molar-refractivity contribution is -0.133. The lowest BCUT2D eigenvalue weighted by Gasteiger charge is -2.38. The summed E-state index contributed by atoms with van der Waals surface area (Å²) in [6, 6.07) is 0.825. The van der Waals surface area contributed by atoms with Gasteiger partial charge in [0.2, 0.25) is 5.91 Å². The number of carbonyl (C=O) groups is 1. The molecule has 0 bridgehead atoms. The topological polar surface area (TPSA) is 26.8 Å². The molecule has 4 heteroatoms. The maximum Gasteiger partial charge on any atom is 0.236 e. The van der Waals surface area contributed by atoms with E-state index in [9.17, 15) is 4.79 Å². The van der Waals surface area contributed by atoms with E-state index in [2.05, 4.69) is 42.4 Å². The van der Waals surface area contributed by atoms with Gasteiger partial charge >= 0.3 is 0 Å². The van der Waals surface area contributed by atoms with E-state index in [0.29, 0.717) is 24.3 Å². The fourth-order valence-electron chi connectivity index (χ4n) is 4.04. The van der Waals surface area contributed by atoms with E-state index >= 15 is 0 Å². The Labute approximate surface area is 155 Å². The minimum absolute atomic E-state index is 0.343. The minimum Gasteiger partial charge on any atom is -0.342 e. The van der Waals surface area contributed by atoms with Gasteiger partial charge in [-0.1, -0.05) is 40.5 Å². The van der Waals surface area contributed by atoms with Crippen LogP contribution in [0.5, 0.6) is 0 Å². The van der Waals surface area contributed by atoms with Gasteiger partial charge in [-0.2, -0.15) is 0 Å². The second-order valence-corrected chi connectivity index (χ2v) is 9.00. The third-order valence-corrected chi connectivity index (χ3v) is 5.91. The quantitative estimate of drug-likeness (QED) is 0.636. The number of hydrogen-bond acceptors (Lipinski definition) is 3. The fraction of sp³-hybridized carbons (Fsp3) is 0.952. The van der Waals surface area contributed by atoms with Crippen LogP contribution in [0.15, 0.2) is 0 Å². The van der Waals surface area contributed by atoms with E-state index in [0.717, 1.165) is 58.2 Å². The number of carbonyl (C=O) groups excluding carboxylic acids is 1. The SMILES string of the molecule is CC(C)CCN(CCC(C)C)C(=O)CN1CCN(C2CCCC2)CC1. The van der Waals surface area contributed by atoms with Crippen LogP contribution in [0.4, 0.5) is 0 Å². The lowest BCUT2D eigenvalue weighted by atomic mass is 10.1. The second-order valence-electron chi connectivity index (χ2n) is 9.00. The first-order chi connectivity index (χ1) is 12.0. The molecule has 4 nitrogen and oxygen atoms in total. The standard InChI is InChI=1S/C21H41N3O/c1-18(2)9-11-24(12-10-19(3)4)21(25)17-22-13-15-23(16-14-22)20-7-5-6-8-20/h18-20H,5-17H2,1-4H3. The third kappa shape index (κ3) is 7.26. The molecule has 0 aromatic rings. The van der Waals surface area contributed by atoms with Crippen LogP contribution in [-0.2, 0) is 4.79 Å². The highest BCUT2D eigenvalue weighted by Crippen LogP contribution is 2.24. The van der Waals surface area contributed by atoms with E-state index < -0.39 is 0 Å². The molecule has 2 rings (SSSR count). The van der Waals surface area contributed by atoms with Gasteiger partial charge < -0.3 is 4.90 Å². The van der Waals surface area contributed by atoms with Crippen molar-refractivity contribution in [3.05, 3.63) is 0 Å². The van der Waals surface area contributed by atoms with Crippen LogP contribution in [0.25, 0.3) is 0 Å². The summed E-state index contributed by atoms with van der Waals surface area (Å²) < 4.78 is 0. The monoisotopic (exact) mass is 351 g/mol. The molecule has 0 aromatic carbocycles. The Balaban J connectivity index is 1.76. The molecule has 1 heterocycles. The number of amides is 1. The molecule has 25 heavy (non-hydrogen) atoms. The molecule has 1 aliphatic heterocycles. The van der Waals surface area contributed by atoms with Gasteiger partial charge in [0.1, 0.15) is 0 Å². The molecule has 1 saturated carbocycles. The zero-order valence-corrected chi connectivity index (χ0v) is 17.2. The molecule has 0 radical (unpaired) electrons. The summed E-state index contributed by atoms with van der Waals surface area (Å²) in [5.74, 6) is 1.66. The molecule has 0 aromatic heterocycles. The minimum atomic E-state index is 0.343. The van der Waals surface area contributed by atoms with Crippen LogP contribution in [0, 0.1) is 11.8 Å². The molecule has 1 aliphatic carbocycles. The summed E-state index contributed by atoms with van der Waals surface area (Å²) in [6.07, 6.45) is 7.81. The highest BCUT2D eigenvalue weighted by molar-refractivity contribution is 5.78. The fourth-order valence-corrected chi connectivity index (χ4v) is 4.04. The summed E-state index contributed by atoms with van der Waals surface area (Å²) >= 11 is 0. The van der Waals surface area contributed by atoms with Crippen molar-refractivity contribution in [3.8, 4) is 0 Å². The number of hydrogen-bond donors (Lipinski definition) is 0. The molecule has 1 saturated heterocycles. The first-order valence-electron chi connectivity index (χ1n) is 10.7. The number of piperazine rings is 1. The largest absolute Gasteiger partial charge is 0.342 e. The van der Waals surface area contributed by atoms with Crippen LogP contribution in [0.1, 0.15) is 66.2 Å². The van der Waals surface area contributed by atoms with Crippen molar-refractivity contribution in [1.29, 1.82) is 0 Å². The summed E-state index contributed by atoms with van der Waals surface area (Å²) in [5.41, 5.74) is 0. The number of rotatable bonds is 9. The average molecular weight is 352 g/mol. The zero-order chi connectivity index (χ0) is 18.2. The van der Waals surface area contributed by atoms with E-state index in [1.807, 2.05) is 0 Å². The van der Waals surface area contributed by atoms with Crippen molar-refractivity contribution in [2.45, 2.75) is 72.3 Å². The predicted octanol–water partition coefficient (Wildman–Crippen LogP) is 3.47. The van der Waals surface area contributed by atoms with Gasteiger partial charge in [0, 0.05) is 45.3 Å². The maximum atomic E-state index is 12.8. The molecule has 0 N–H and O–H groups in total. The van der Waals surface area contributed by atoms with Crippen LogP contribution >= 0.6 is 0 Å². The van der Waals surface area contributed by atoms with Crippen LogP contribution in [0.3, 0.4) is 0 Å². The Morgan fingerprint density at radius 3 is 1.92 bits per heavy atom. The summed E-state index contributed by atoms with van der Waals surface area (Å²) in [5, 5.41) is 0. The Kier molecular flexibility index (Phi) is 8.71. The van der Waals surface area contributed by atoms with E-state index in [4.69, 9.17) is 0 Å². The Hall–Kier alpha value is -0.610. The van der Waals surface area contributed by atoms with Crippen molar-refractivity contribution in [2.24, 2.45) is 11.8 Å². The van der Waals surface area contributed by atoms with Gasteiger partial charge in [0.25, 0.3) is 0 Å². The molecule has 0 atom stereocenters. The van der Waals surface area contributed by atoms with E-state index in [1.165, 1.54) is 25.7 Å². The van der Waals surface area contributed by atoms with E-state index in [1.54, 1.807) is 0 Å². The average Bonchev–Trinajstić information content (AvgIpc) is 3.09. The van der Waals surface area contributed by atoms with Crippen LogP contribution in [-0.4, -0.2) is 72.5 Å². The predicted molar refractivity (Wildman–Crippen MR) is 106 cm³/mol. The zero-order valence-electron chi connectivity index (χ0n) is 17.2. The first kappa shape index (κ1) is 20.7. The molecular formula is C21H41N3O. The third-order valence-electron chi connectivity index (χ3n) is 5.91. The normalized spacial score (nSPS) is 20.7. The van der Waals surface area contributed by atoms with Gasteiger partial charge in [-0.05, 0) is 37.5 Å². The smallest absolute Gasteiger partial charge is 0.236 e. The summed E-state index contributed by atoms with van der Waals surface area (Å²) in [4.78, 5) is 20.0. The van der Waals surface area contributed by atoms with E-state index in [-0.39, 0.29) is 0 Å². The molecule has 2 aliphatic rings. The molecule has 0 unspecified atom stereocenters.